The molecular formula is C13H15F3N2. The Kier molecular flexibility index (Phi) is 3.34. The second kappa shape index (κ2) is 4.65. The number of fused-ring (bicyclic) bond motifs is 1. The lowest BCUT2D eigenvalue weighted by Crippen LogP contribution is -2.08. The molecule has 0 amide bonds. The van der Waals surface area contributed by atoms with Crippen LogP contribution in [0.4, 0.5) is 13.2 Å². The molecule has 0 bridgehead atoms. The Balaban J connectivity index is 2.61. The van der Waals surface area contributed by atoms with Gasteiger partial charge < -0.3 is 10.3 Å². The van der Waals surface area contributed by atoms with Crippen molar-refractivity contribution in [1.29, 1.82) is 0 Å². The summed E-state index contributed by atoms with van der Waals surface area (Å²) in [5.74, 6) is 0. The van der Waals surface area contributed by atoms with E-state index in [4.69, 9.17) is 5.73 Å². The minimum absolute atomic E-state index is 0.489. The maximum atomic E-state index is 12.7. The Labute approximate surface area is 103 Å². The van der Waals surface area contributed by atoms with E-state index in [0.29, 0.717) is 25.0 Å². The average molecular weight is 256 g/mol. The Morgan fingerprint density at radius 3 is 2.50 bits per heavy atom. The lowest BCUT2D eigenvalue weighted by molar-refractivity contribution is -0.137. The van der Waals surface area contributed by atoms with Crippen LogP contribution in [0.2, 0.25) is 0 Å². The van der Waals surface area contributed by atoms with Crippen LogP contribution in [0.3, 0.4) is 0 Å². The number of aromatic nitrogens is 1. The largest absolute Gasteiger partial charge is 0.416 e. The molecule has 0 unspecified atom stereocenters. The van der Waals surface area contributed by atoms with Crippen LogP contribution >= 0.6 is 0 Å². The van der Waals surface area contributed by atoms with Crippen LogP contribution in [0.15, 0.2) is 24.3 Å². The Hall–Kier alpha value is -1.49. The van der Waals surface area contributed by atoms with E-state index in [0.717, 1.165) is 17.1 Å². The van der Waals surface area contributed by atoms with Gasteiger partial charge >= 0.3 is 6.18 Å². The van der Waals surface area contributed by atoms with Gasteiger partial charge in [-0.2, -0.15) is 13.2 Å². The minimum atomic E-state index is -4.30. The van der Waals surface area contributed by atoms with Gasteiger partial charge in [-0.1, -0.05) is 6.07 Å². The first-order valence-corrected chi connectivity index (χ1v) is 5.86. The normalized spacial score (nSPS) is 12.3. The summed E-state index contributed by atoms with van der Waals surface area (Å²) in [5.41, 5.74) is 6.50. The molecule has 0 saturated carbocycles. The van der Waals surface area contributed by atoms with Gasteiger partial charge in [0.25, 0.3) is 0 Å². The zero-order valence-electron chi connectivity index (χ0n) is 10.1. The number of rotatable bonds is 3. The number of aryl methyl sites for hydroxylation is 1. The summed E-state index contributed by atoms with van der Waals surface area (Å²) < 4.78 is 39.9. The first-order chi connectivity index (χ1) is 8.47. The second-order valence-electron chi connectivity index (χ2n) is 4.19. The smallest absolute Gasteiger partial charge is 0.345 e. The first-order valence-electron chi connectivity index (χ1n) is 5.86. The molecule has 0 saturated heterocycles. The highest BCUT2D eigenvalue weighted by Crippen LogP contribution is 2.32. The number of hydrogen-bond donors (Lipinski definition) is 1. The second-order valence-corrected chi connectivity index (χ2v) is 4.19. The van der Waals surface area contributed by atoms with Gasteiger partial charge in [-0.3, -0.25) is 0 Å². The van der Waals surface area contributed by atoms with Crippen LogP contribution in [-0.2, 0) is 19.1 Å². The van der Waals surface area contributed by atoms with Crippen LogP contribution in [0.25, 0.3) is 10.9 Å². The quantitative estimate of drug-likeness (QED) is 0.898. The van der Waals surface area contributed by atoms with Gasteiger partial charge in [0.05, 0.1) is 5.56 Å². The monoisotopic (exact) mass is 256 g/mol. The Morgan fingerprint density at radius 2 is 1.94 bits per heavy atom. The Bertz CT molecular complexity index is 555. The fourth-order valence-electron chi connectivity index (χ4n) is 2.22. The van der Waals surface area contributed by atoms with Crippen LogP contribution in [0.5, 0.6) is 0 Å². The summed E-state index contributed by atoms with van der Waals surface area (Å²) in [6, 6.07) is 5.75. The third kappa shape index (κ3) is 2.22. The first kappa shape index (κ1) is 13.0. The molecule has 98 valence electrons. The number of hydrogen-bond acceptors (Lipinski definition) is 1. The van der Waals surface area contributed by atoms with Crippen LogP contribution in [0, 0.1) is 0 Å². The van der Waals surface area contributed by atoms with Crippen LogP contribution in [-0.4, -0.2) is 11.1 Å². The maximum Gasteiger partial charge on any atom is 0.416 e. The van der Waals surface area contributed by atoms with E-state index in [1.165, 1.54) is 12.1 Å². The third-order valence-corrected chi connectivity index (χ3v) is 3.03. The zero-order valence-corrected chi connectivity index (χ0v) is 10.1. The molecule has 18 heavy (non-hydrogen) atoms. The molecule has 0 atom stereocenters. The molecule has 1 aromatic carbocycles. The number of nitrogens with zero attached hydrogens (tertiary/aromatic N) is 1. The van der Waals surface area contributed by atoms with Crippen molar-refractivity contribution in [3.8, 4) is 0 Å². The van der Waals surface area contributed by atoms with Crippen molar-refractivity contribution in [2.75, 3.05) is 6.54 Å². The van der Waals surface area contributed by atoms with Gasteiger partial charge in [0.1, 0.15) is 0 Å². The summed E-state index contributed by atoms with van der Waals surface area (Å²) in [4.78, 5) is 0. The SMILES string of the molecule is CCn1c(CCN)cc2ccc(C(F)(F)F)cc21. The number of nitrogens with two attached hydrogens (primary N) is 1. The van der Waals surface area contributed by atoms with Crippen LogP contribution < -0.4 is 5.73 Å². The number of halogens is 3. The fraction of sp³-hybridized carbons (Fsp3) is 0.385. The molecule has 1 aromatic heterocycles. The predicted octanol–water partition coefficient (Wildman–Crippen LogP) is 3.18. The zero-order chi connectivity index (χ0) is 13.3. The van der Waals surface area contributed by atoms with Crippen molar-refractivity contribution in [2.24, 2.45) is 5.73 Å². The lowest BCUT2D eigenvalue weighted by Gasteiger charge is -2.09. The molecule has 0 spiro atoms. The van der Waals surface area contributed by atoms with E-state index in [1.54, 1.807) is 0 Å². The van der Waals surface area contributed by atoms with E-state index in [1.807, 2.05) is 17.6 Å². The molecule has 2 aromatic rings. The summed E-state index contributed by atoms with van der Waals surface area (Å²) in [6.45, 7) is 3.04. The van der Waals surface area contributed by atoms with Crippen molar-refractivity contribution in [1.82, 2.24) is 4.57 Å². The molecule has 2 nitrogen and oxygen atoms in total. The molecular weight excluding hydrogens is 241 g/mol. The highest BCUT2D eigenvalue weighted by molar-refractivity contribution is 5.82. The summed E-state index contributed by atoms with van der Waals surface area (Å²) >= 11 is 0. The third-order valence-electron chi connectivity index (χ3n) is 3.03. The van der Waals surface area contributed by atoms with Gasteiger partial charge in [0, 0.05) is 17.8 Å². The van der Waals surface area contributed by atoms with E-state index in [9.17, 15) is 13.2 Å². The topological polar surface area (TPSA) is 30.9 Å². The molecule has 0 aliphatic rings. The predicted molar refractivity (Wildman–Crippen MR) is 65.4 cm³/mol. The summed E-state index contributed by atoms with van der Waals surface area (Å²) in [6.07, 6.45) is -3.63. The molecule has 2 rings (SSSR count). The van der Waals surface area contributed by atoms with Gasteiger partial charge in [-0.15, -0.1) is 0 Å². The fourth-order valence-corrected chi connectivity index (χ4v) is 2.22. The van der Waals surface area contributed by atoms with Crippen molar-refractivity contribution >= 4 is 10.9 Å². The van der Waals surface area contributed by atoms with Crippen molar-refractivity contribution in [3.05, 3.63) is 35.5 Å². The van der Waals surface area contributed by atoms with Crippen molar-refractivity contribution < 1.29 is 13.2 Å². The highest BCUT2D eigenvalue weighted by Gasteiger charge is 2.30. The van der Waals surface area contributed by atoms with Gasteiger partial charge in [-0.05, 0) is 43.5 Å². The summed E-state index contributed by atoms with van der Waals surface area (Å²) in [5, 5.41) is 0.827. The molecule has 0 radical (unpaired) electrons. The van der Waals surface area contributed by atoms with Crippen LogP contribution in [0.1, 0.15) is 18.2 Å². The highest BCUT2D eigenvalue weighted by atomic mass is 19.4. The molecule has 2 N–H and O–H groups in total. The number of benzene rings is 1. The molecule has 0 fully saturated rings. The van der Waals surface area contributed by atoms with Crippen molar-refractivity contribution in [3.63, 3.8) is 0 Å². The van der Waals surface area contributed by atoms with E-state index < -0.39 is 11.7 Å². The van der Waals surface area contributed by atoms with Gasteiger partial charge in [0.2, 0.25) is 0 Å². The van der Waals surface area contributed by atoms with E-state index >= 15 is 0 Å². The van der Waals surface area contributed by atoms with Gasteiger partial charge in [0.15, 0.2) is 0 Å². The standard InChI is InChI=1S/C13H15F3N2/c1-2-18-11(5-6-17)7-9-3-4-10(8-12(9)18)13(14,15)16/h3-4,7-8H,2,5-6,17H2,1H3. The summed E-state index contributed by atoms with van der Waals surface area (Å²) in [7, 11) is 0. The molecule has 0 aliphatic carbocycles. The lowest BCUT2D eigenvalue weighted by atomic mass is 10.1. The minimum Gasteiger partial charge on any atom is -0.345 e. The van der Waals surface area contributed by atoms with Crippen molar-refractivity contribution in [2.45, 2.75) is 26.1 Å². The molecule has 0 aliphatic heterocycles. The number of alkyl halides is 3. The average Bonchev–Trinajstić information content (AvgIpc) is 2.64. The molecule has 5 heteroatoms. The van der Waals surface area contributed by atoms with E-state index in [-0.39, 0.29) is 0 Å². The Morgan fingerprint density at radius 1 is 1.22 bits per heavy atom. The van der Waals surface area contributed by atoms with E-state index in [2.05, 4.69) is 0 Å². The molecule has 1 heterocycles. The maximum absolute atomic E-state index is 12.7. The van der Waals surface area contributed by atoms with Gasteiger partial charge in [-0.25, -0.2) is 0 Å².